The maximum atomic E-state index is 12.8. The number of aromatic amines is 1. The molecule has 31 heavy (non-hydrogen) atoms. The van der Waals surface area contributed by atoms with Gasteiger partial charge in [0.05, 0.1) is 26.6 Å². The number of carbonyl (C=O) groups is 1. The van der Waals surface area contributed by atoms with Gasteiger partial charge in [0.25, 0.3) is 5.91 Å². The Morgan fingerprint density at radius 2 is 1.97 bits per heavy atom. The number of hydrogen-bond acceptors (Lipinski definition) is 4. The van der Waals surface area contributed by atoms with E-state index in [0.29, 0.717) is 51.2 Å². The SMILES string of the molecule is N=C(N)c1ccc2[nH]c(-c3ncccc3C(=O)NCCc3ccc(Cl)c(Cl)c3)nc2c1. The number of nitrogens with two attached hydrogens (primary N) is 1. The third-order valence-electron chi connectivity index (χ3n) is 4.75. The predicted octanol–water partition coefficient (Wildman–Crippen LogP) is 4.19. The highest BCUT2D eigenvalue weighted by atomic mass is 35.5. The summed E-state index contributed by atoms with van der Waals surface area (Å²) in [6.45, 7) is 0.424. The van der Waals surface area contributed by atoms with Crippen molar-refractivity contribution in [3.63, 3.8) is 0 Å². The van der Waals surface area contributed by atoms with Gasteiger partial charge in [0.15, 0.2) is 5.82 Å². The van der Waals surface area contributed by atoms with Crippen molar-refractivity contribution < 1.29 is 4.79 Å². The van der Waals surface area contributed by atoms with E-state index >= 15 is 0 Å². The number of halogens is 2. The van der Waals surface area contributed by atoms with Crippen LogP contribution in [-0.2, 0) is 6.42 Å². The van der Waals surface area contributed by atoms with Gasteiger partial charge in [0.2, 0.25) is 0 Å². The summed E-state index contributed by atoms with van der Waals surface area (Å²) in [7, 11) is 0. The Labute approximate surface area is 188 Å². The van der Waals surface area contributed by atoms with E-state index in [-0.39, 0.29) is 11.7 Å². The molecule has 0 atom stereocenters. The first-order valence-corrected chi connectivity index (χ1v) is 10.2. The first kappa shape index (κ1) is 20.8. The molecule has 9 heteroatoms. The monoisotopic (exact) mass is 452 g/mol. The standard InChI is InChI=1S/C22H18Cl2N6O/c23-15-5-3-12(10-16(15)24)7-9-28-22(31)14-2-1-8-27-19(14)21-29-17-6-4-13(20(25)26)11-18(17)30-21/h1-6,8,10-11H,7,9H2,(H3,25,26)(H,28,31)(H,29,30). The Balaban J connectivity index is 1.54. The third-order valence-corrected chi connectivity index (χ3v) is 5.49. The highest BCUT2D eigenvalue weighted by Gasteiger charge is 2.17. The molecule has 156 valence electrons. The van der Waals surface area contributed by atoms with Crippen molar-refractivity contribution in [2.75, 3.05) is 6.54 Å². The molecule has 0 bridgehead atoms. The molecule has 5 N–H and O–H groups in total. The quantitative estimate of drug-likeness (QED) is 0.258. The third kappa shape index (κ3) is 4.52. The Morgan fingerprint density at radius 3 is 2.74 bits per heavy atom. The van der Waals surface area contributed by atoms with Gasteiger partial charge in [-0.05, 0) is 54.4 Å². The van der Waals surface area contributed by atoms with Crippen LogP contribution in [0.25, 0.3) is 22.6 Å². The number of nitrogens with one attached hydrogen (secondary N) is 3. The maximum Gasteiger partial charge on any atom is 0.253 e. The highest BCUT2D eigenvalue weighted by molar-refractivity contribution is 6.42. The lowest BCUT2D eigenvalue weighted by atomic mass is 10.1. The number of amidine groups is 1. The van der Waals surface area contributed by atoms with Gasteiger partial charge in [-0.25, -0.2) is 4.98 Å². The molecule has 4 aromatic rings. The van der Waals surface area contributed by atoms with Crippen LogP contribution < -0.4 is 11.1 Å². The van der Waals surface area contributed by atoms with Crippen molar-refractivity contribution >= 4 is 46.0 Å². The molecule has 2 aromatic carbocycles. The van der Waals surface area contributed by atoms with Crippen LogP contribution in [-0.4, -0.2) is 33.2 Å². The van der Waals surface area contributed by atoms with Gasteiger partial charge in [-0.2, -0.15) is 0 Å². The number of aromatic nitrogens is 3. The minimum Gasteiger partial charge on any atom is -0.384 e. The van der Waals surface area contributed by atoms with Crippen molar-refractivity contribution in [1.82, 2.24) is 20.3 Å². The Morgan fingerprint density at radius 1 is 1.13 bits per heavy atom. The summed E-state index contributed by atoms with van der Waals surface area (Å²) < 4.78 is 0. The highest BCUT2D eigenvalue weighted by Crippen LogP contribution is 2.24. The maximum absolute atomic E-state index is 12.8. The smallest absolute Gasteiger partial charge is 0.253 e. The van der Waals surface area contributed by atoms with E-state index < -0.39 is 0 Å². The molecular weight excluding hydrogens is 435 g/mol. The average Bonchev–Trinajstić information content (AvgIpc) is 3.19. The molecule has 2 aromatic heterocycles. The van der Waals surface area contributed by atoms with E-state index in [1.165, 1.54) is 0 Å². The number of hydrogen-bond donors (Lipinski definition) is 4. The lowest BCUT2D eigenvalue weighted by Crippen LogP contribution is -2.26. The second-order valence-electron chi connectivity index (χ2n) is 6.88. The summed E-state index contributed by atoms with van der Waals surface area (Å²) in [5.41, 5.74) is 9.35. The van der Waals surface area contributed by atoms with Crippen LogP contribution in [0.1, 0.15) is 21.5 Å². The fraction of sp³-hybridized carbons (Fsp3) is 0.0909. The van der Waals surface area contributed by atoms with Crippen molar-refractivity contribution in [3.05, 3.63) is 81.5 Å². The second kappa shape index (κ2) is 8.75. The van der Waals surface area contributed by atoms with Gasteiger partial charge in [0, 0.05) is 18.3 Å². The summed E-state index contributed by atoms with van der Waals surface area (Å²) in [6.07, 6.45) is 2.21. The number of imidazole rings is 1. The molecule has 0 saturated heterocycles. The molecule has 0 saturated carbocycles. The first-order chi connectivity index (χ1) is 14.9. The van der Waals surface area contributed by atoms with Crippen LogP contribution in [0.3, 0.4) is 0 Å². The minimum absolute atomic E-state index is 0.0358. The lowest BCUT2D eigenvalue weighted by molar-refractivity contribution is 0.0954. The van der Waals surface area contributed by atoms with Crippen LogP contribution in [0.5, 0.6) is 0 Å². The zero-order valence-corrected chi connectivity index (χ0v) is 17.8. The summed E-state index contributed by atoms with van der Waals surface area (Å²) >= 11 is 12.0. The van der Waals surface area contributed by atoms with Crippen molar-refractivity contribution in [2.24, 2.45) is 5.73 Å². The normalized spacial score (nSPS) is 10.9. The van der Waals surface area contributed by atoms with Gasteiger partial charge in [-0.3, -0.25) is 15.2 Å². The molecule has 0 aliphatic carbocycles. The second-order valence-corrected chi connectivity index (χ2v) is 7.70. The van der Waals surface area contributed by atoms with Crippen LogP contribution in [0.2, 0.25) is 10.0 Å². The van der Waals surface area contributed by atoms with Crippen LogP contribution >= 0.6 is 23.2 Å². The van der Waals surface area contributed by atoms with Gasteiger partial charge < -0.3 is 16.0 Å². The zero-order valence-electron chi connectivity index (χ0n) is 16.2. The number of fused-ring (bicyclic) bond motifs is 1. The largest absolute Gasteiger partial charge is 0.384 e. The summed E-state index contributed by atoms with van der Waals surface area (Å²) in [6, 6.07) is 14.1. The number of benzene rings is 2. The molecule has 0 radical (unpaired) electrons. The van der Waals surface area contributed by atoms with E-state index in [1.807, 2.05) is 6.07 Å². The Bertz CT molecular complexity index is 1300. The molecule has 0 spiro atoms. The Hall–Kier alpha value is -3.42. The molecule has 7 nitrogen and oxygen atoms in total. The fourth-order valence-electron chi connectivity index (χ4n) is 3.17. The lowest BCUT2D eigenvalue weighted by Gasteiger charge is -2.08. The van der Waals surface area contributed by atoms with Crippen molar-refractivity contribution in [3.8, 4) is 11.5 Å². The van der Waals surface area contributed by atoms with E-state index in [1.54, 1.807) is 48.7 Å². The van der Waals surface area contributed by atoms with Gasteiger partial charge in [0.1, 0.15) is 11.5 Å². The molecule has 0 unspecified atom stereocenters. The summed E-state index contributed by atoms with van der Waals surface area (Å²) in [4.78, 5) is 24.9. The number of amides is 1. The molecule has 1 amide bonds. The topological polar surface area (TPSA) is 121 Å². The number of nitrogen functional groups attached to an aromatic ring is 1. The van der Waals surface area contributed by atoms with E-state index in [0.717, 1.165) is 11.1 Å². The predicted molar refractivity (Wildman–Crippen MR) is 123 cm³/mol. The number of rotatable bonds is 6. The fourth-order valence-corrected chi connectivity index (χ4v) is 3.49. The average molecular weight is 453 g/mol. The van der Waals surface area contributed by atoms with Crippen molar-refractivity contribution in [1.29, 1.82) is 5.41 Å². The van der Waals surface area contributed by atoms with Crippen LogP contribution in [0.15, 0.2) is 54.7 Å². The van der Waals surface area contributed by atoms with E-state index in [2.05, 4.69) is 20.3 Å². The van der Waals surface area contributed by atoms with E-state index in [9.17, 15) is 4.79 Å². The van der Waals surface area contributed by atoms with Gasteiger partial charge in [-0.15, -0.1) is 0 Å². The molecule has 0 aliphatic rings. The van der Waals surface area contributed by atoms with Gasteiger partial charge in [-0.1, -0.05) is 29.3 Å². The van der Waals surface area contributed by atoms with Crippen LogP contribution in [0, 0.1) is 5.41 Å². The number of H-pyrrole nitrogens is 1. The number of nitrogens with zero attached hydrogens (tertiary/aromatic N) is 2. The molecule has 4 rings (SSSR count). The molecular formula is C22H18Cl2N6O. The number of pyridine rings is 1. The molecule has 0 aliphatic heterocycles. The number of carbonyl (C=O) groups excluding carboxylic acids is 1. The molecule has 2 heterocycles. The molecule has 0 fully saturated rings. The zero-order chi connectivity index (χ0) is 22.0. The Kier molecular flexibility index (Phi) is 5.88. The minimum atomic E-state index is -0.256. The van der Waals surface area contributed by atoms with E-state index in [4.69, 9.17) is 34.3 Å². The van der Waals surface area contributed by atoms with Crippen LogP contribution in [0.4, 0.5) is 0 Å². The van der Waals surface area contributed by atoms with Gasteiger partial charge >= 0.3 is 0 Å². The van der Waals surface area contributed by atoms with Crippen molar-refractivity contribution in [2.45, 2.75) is 6.42 Å². The summed E-state index contributed by atoms with van der Waals surface area (Å²) in [5.74, 6) is 0.172. The summed E-state index contributed by atoms with van der Waals surface area (Å²) in [5, 5.41) is 11.5. The first-order valence-electron chi connectivity index (χ1n) is 9.44.